The average molecular weight is 583 g/mol. The summed E-state index contributed by atoms with van der Waals surface area (Å²) >= 11 is 0. The highest BCUT2D eigenvalue weighted by Crippen LogP contribution is 2.33. The minimum Gasteiger partial charge on any atom is -0.490 e. The average Bonchev–Trinajstić information content (AvgIpc) is 2.99. The van der Waals surface area contributed by atoms with Crippen molar-refractivity contribution in [3.8, 4) is 23.0 Å². The van der Waals surface area contributed by atoms with E-state index in [0.717, 1.165) is 88.0 Å². The van der Waals surface area contributed by atoms with E-state index in [9.17, 15) is 0 Å². The van der Waals surface area contributed by atoms with Crippen molar-refractivity contribution in [2.75, 3.05) is 26.4 Å². The third-order valence-corrected chi connectivity index (χ3v) is 8.12. The van der Waals surface area contributed by atoms with Crippen LogP contribution in [0.2, 0.25) is 0 Å². The normalized spacial score (nSPS) is 12.6. The van der Waals surface area contributed by atoms with Crippen molar-refractivity contribution in [2.45, 2.75) is 131 Å². The molecule has 2 unspecified atom stereocenters. The number of ether oxygens (including phenoxy) is 4. The van der Waals surface area contributed by atoms with Gasteiger partial charge in [-0.1, -0.05) is 105 Å². The zero-order valence-corrected chi connectivity index (χ0v) is 28.0. The number of hydrogen-bond donors (Lipinski definition) is 0. The monoisotopic (exact) mass is 582 g/mol. The first-order chi connectivity index (χ1) is 20.5. The lowest BCUT2D eigenvalue weighted by Gasteiger charge is -2.22. The molecule has 42 heavy (non-hydrogen) atoms. The van der Waals surface area contributed by atoms with Crippen LogP contribution in [-0.4, -0.2) is 26.4 Å². The van der Waals surface area contributed by atoms with Gasteiger partial charge in [0, 0.05) is 0 Å². The van der Waals surface area contributed by atoms with Crippen LogP contribution in [0.3, 0.4) is 0 Å². The summed E-state index contributed by atoms with van der Waals surface area (Å²) in [7, 11) is 0. The molecule has 0 aromatic heterocycles. The molecule has 0 saturated carbocycles. The van der Waals surface area contributed by atoms with E-state index in [1.807, 2.05) is 0 Å². The van der Waals surface area contributed by atoms with Gasteiger partial charge in [0.05, 0.1) is 26.4 Å². The van der Waals surface area contributed by atoms with E-state index in [1.54, 1.807) is 0 Å². The van der Waals surface area contributed by atoms with Crippen molar-refractivity contribution in [1.29, 1.82) is 0 Å². The molecular weight excluding hydrogens is 520 g/mol. The Bertz CT molecular complexity index is 879. The SMILES string of the molecule is CCCCCOc1ccc(CC(C)C(C)Cc2ccc(OCCCCC)c(OCCCCC)c2)cc1OCCCCC. The Kier molecular flexibility index (Phi) is 19.0. The fourth-order valence-electron chi connectivity index (χ4n) is 5.11. The molecule has 2 rings (SSSR count). The lowest BCUT2D eigenvalue weighted by Crippen LogP contribution is -2.14. The molecule has 0 aliphatic heterocycles. The molecule has 0 aliphatic rings. The largest absolute Gasteiger partial charge is 0.490 e. The Morgan fingerprint density at radius 2 is 0.738 bits per heavy atom. The minimum atomic E-state index is 0.521. The molecule has 238 valence electrons. The maximum atomic E-state index is 6.24. The van der Waals surface area contributed by atoms with Crippen LogP contribution in [0.1, 0.15) is 130 Å². The van der Waals surface area contributed by atoms with Crippen LogP contribution in [0.4, 0.5) is 0 Å². The molecule has 2 aromatic carbocycles. The van der Waals surface area contributed by atoms with Crippen LogP contribution in [0.25, 0.3) is 0 Å². The van der Waals surface area contributed by atoms with E-state index in [2.05, 4.69) is 77.9 Å². The molecule has 2 aromatic rings. The van der Waals surface area contributed by atoms with Gasteiger partial charge in [-0.3, -0.25) is 0 Å². The van der Waals surface area contributed by atoms with Gasteiger partial charge in [-0.2, -0.15) is 0 Å². The van der Waals surface area contributed by atoms with Crippen LogP contribution in [0.15, 0.2) is 36.4 Å². The molecular formula is C38H62O4. The van der Waals surface area contributed by atoms with E-state index >= 15 is 0 Å². The maximum absolute atomic E-state index is 6.24. The fourth-order valence-corrected chi connectivity index (χ4v) is 5.11. The summed E-state index contributed by atoms with van der Waals surface area (Å²) in [6, 6.07) is 13.1. The van der Waals surface area contributed by atoms with Crippen molar-refractivity contribution < 1.29 is 18.9 Å². The molecule has 2 atom stereocenters. The predicted molar refractivity (Wildman–Crippen MR) is 179 cm³/mol. The summed E-state index contributed by atoms with van der Waals surface area (Å²) in [5.41, 5.74) is 2.63. The van der Waals surface area contributed by atoms with E-state index in [-0.39, 0.29) is 0 Å². The Labute approximate surface area is 258 Å². The zero-order chi connectivity index (χ0) is 30.4. The summed E-state index contributed by atoms with van der Waals surface area (Å²) < 4.78 is 24.7. The second kappa shape index (κ2) is 22.2. The second-order valence-electron chi connectivity index (χ2n) is 12.1. The quantitative estimate of drug-likeness (QED) is 0.109. The summed E-state index contributed by atoms with van der Waals surface area (Å²) in [5.74, 6) is 4.62. The maximum Gasteiger partial charge on any atom is 0.161 e. The second-order valence-corrected chi connectivity index (χ2v) is 12.1. The molecule has 0 radical (unpaired) electrons. The van der Waals surface area contributed by atoms with E-state index < -0.39 is 0 Å². The van der Waals surface area contributed by atoms with Crippen molar-refractivity contribution in [3.05, 3.63) is 47.5 Å². The first-order valence-corrected chi connectivity index (χ1v) is 17.3. The van der Waals surface area contributed by atoms with E-state index in [1.165, 1.54) is 62.5 Å². The first-order valence-electron chi connectivity index (χ1n) is 17.3. The summed E-state index contributed by atoms with van der Waals surface area (Å²) in [6.07, 6.45) is 15.9. The smallest absolute Gasteiger partial charge is 0.161 e. The van der Waals surface area contributed by atoms with Gasteiger partial charge in [-0.05, 0) is 85.8 Å². The van der Waals surface area contributed by atoms with Gasteiger partial charge in [-0.15, -0.1) is 0 Å². The minimum absolute atomic E-state index is 0.521. The van der Waals surface area contributed by atoms with Gasteiger partial charge in [0.25, 0.3) is 0 Å². The number of benzene rings is 2. The van der Waals surface area contributed by atoms with Crippen LogP contribution in [0, 0.1) is 11.8 Å². The van der Waals surface area contributed by atoms with Gasteiger partial charge in [0.2, 0.25) is 0 Å². The van der Waals surface area contributed by atoms with E-state index in [4.69, 9.17) is 18.9 Å². The molecule has 4 nitrogen and oxygen atoms in total. The van der Waals surface area contributed by atoms with Crippen molar-refractivity contribution in [3.63, 3.8) is 0 Å². The lowest BCUT2D eigenvalue weighted by atomic mass is 9.85. The first kappa shape index (κ1) is 35.8. The molecule has 0 spiro atoms. The summed E-state index contributed by atoms with van der Waals surface area (Å²) in [5, 5.41) is 0. The van der Waals surface area contributed by atoms with Crippen LogP contribution < -0.4 is 18.9 Å². The van der Waals surface area contributed by atoms with Gasteiger partial charge in [-0.25, -0.2) is 0 Å². The van der Waals surface area contributed by atoms with Crippen molar-refractivity contribution in [1.82, 2.24) is 0 Å². The topological polar surface area (TPSA) is 36.9 Å². The lowest BCUT2D eigenvalue weighted by molar-refractivity contribution is 0.259. The predicted octanol–water partition coefficient (Wildman–Crippen LogP) is 11.0. The van der Waals surface area contributed by atoms with Crippen LogP contribution in [-0.2, 0) is 12.8 Å². The molecule has 0 heterocycles. The van der Waals surface area contributed by atoms with Crippen LogP contribution >= 0.6 is 0 Å². The standard InChI is InChI=1S/C38H62O4/c1-7-11-15-23-39-35-21-19-33(29-37(35)41-25-17-13-9-3)27-31(5)32(6)28-34-20-22-36(40-24-16-12-8-2)38(30-34)42-26-18-14-10-4/h19-22,29-32H,7-18,23-28H2,1-6H3. The third kappa shape index (κ3) is 14.2. The Morgan fingerprint density at radius 3 is 1.05 bits per heavy atom. The summed E-state index contributed by atoms with van der Waals surface area (Å²) in [4.78, 5) is 0. The molecule has 0 fully saturated rings. The molecule has 0 saturated heterocycles. The van der Waals surface area contributed by atoms with Gasteiger partial charge >= 0.3 is 0 Å². The van der Waals surface area contributed by atoms with Crippen molar-refractivity contribution in [2.24, 2.45) is 11.8 Å². The van der Waals surface area contributed by atoms with Gasteiger partial charge in [0.1, 0.15) is 0 Å². The molecule has 0 amide bonds. The zero-order valence-electron chi connectivity index (χ0n) is 28.0. The Morgan fingerprint density at radius 1 is 0.429 bits per heavy atom. The van der Waals surface area contributed by atoms with Gasteiger partial charge < -0.3 is 18.9 Å². The third-order valence-electron chi connectivity index (χ3n) is 8.12. The molecule has 0 aliphatic carbocycles. The highest BCUT2D eigenvalue weighted by atomic mass is 16.5. The number of rotatable bonds is 25. The molecule has 0 N–H and O–H groups in total. The highest BCUT2D eigenvalue weighted by molar-refractivity contribution is 5.44. The number of hydrogen-bond acceptors (Lipinski definition) is 4. The highest BCUT2D eigenvalue weighted by Gasteiger charge is 2.17. The van der Waals surface area contributed by atoms with Crippen molar-refractivity contribution >= 4 is 0 Å². The number of unbranched alkanes of at least 4 members (excludes halogenated alkanes) is 8. The fraction of sp³-hybridized carbons (Fsp3) is 0.684. The molecule has 4 heteroatoms. The summed E-state index contributed by atoms with van der Waals surface area (Å²) in [6.45, 7) is 16.6. The van der Waals surface area contributed by atoms with Crippen LogP contribution in [0.5, 0.6) is 23.0 Å². The van der Waals surface area contributed by atoms with E-state index in [0.29, 0.717) is 11.8 Å². The Hall–Kier alpha value is -2.36. The Balaban J connectivity index is 2.05. The van der Waals surface area contributed by atoms with Gasteiger partial charge in [0.15, 0.2) is 23.0 Å². The molecule has 0 bridgehead atoms.